The highest BCUT2D eigenvalue weighted by atomic mass is 35.5. The minimum absolute atomic E-state index is 0.0684. The summed E-state index contributed by atoms with van der Waals surface area (Å²) in [6.07, 6.45) is 5.12. The molecule has 0 saturated carbocycles. The highest BCUT2D eigenvalue weighted by Gasteiger charge is 2.36. The van der Waals surface area contributed by atoms with E-state index in [1.54, 1.807) is 25.3 Å². The van der Waals surface area contributed by atoms with E-state index in [9.17, 15) is 9.90 Å². The zero-order chi connectivity index (χ0) is 18.5. The molecule has 1 amide bonds. The molecule has 2 atom stereocenters. The summed E-state index contributed by atoms with van der Waals surface area (Å²) in [7, 11) is 1.56. The number of aliphatic hydroxyl groups is 1. The van der Waals surface area contributed by atoms with E-state index in [0.29, 0.717) is 35.3 Å². The quantitative estimate of drug-likeness (QED) is 0.853. The fraction of sp³-hybridized carbons (Fsp3) is 0.650. The molecule has 0 radical (unpaired) electrons. The Hall–Kier alpha value is -1.30. The van der Waals surface area contributed by atoms with Crippen LogP contribution < -0.4 is 4.74 Å². The molecule has 2 aliphatic rings. The van der Waals surface area contributed by atoms with Crippen LogP contribution in [0.3, 0.4) is 0 Å². The number of hydrogen-bond donors (Lipinski definition) is 1. The van der Waals surface area contributed by atoms with Crippen molar-refractivity contribution >= 4 is 17.5 Å². The van der Waals surface area contributed by atoms with Gasteiger partial charge in [-0.2, -0.15) is 0 Å². The monoisotopic (exact) mass is 380 g/mol. The number of likely N-dealkylation sites (tertiary alicyclic amines) is 2. The molecule has 144 valence electrons. The molecule has 0 unspecified atom stereocenters. The maximum absolute atomic E-state index is 13.0. The zero-order valence-corrected chi connectivity index (χ0v) is 16.2. The fourth-order valence-electron chi connectivity index (χ4n) is 4.19. The summed E-state index contributed by atoms with van der Waals surface area (Å²) in [4.78, 5) is 17.4. The lowest BCUT2D eigenvalue weighted by Gasteiger charge is -2.26. The van der Waals surface area contributed by atoms with E-state index in [1.165, 1.54) is 25.7 Å². The summed E-state index contributed by atoms with van der Waals surface area (Å²) in [6, 6.07) is 5.11. The normalized spacial score (nSPS) is 24.5. The summed E-state index contributed by atoms with van der Waals surface area (Å²) in [6.45, 7) is 4.60. The number of carbonyl (C=O) groups is 1. The highest BCUT2D eigenvalue weighted by Crippen LogP contribution is 2.30. The Morgan fingerprint density at radius 3 is 2.54 bits per heavy atom. The van der Waals surface area contributed by atoms with E-state index >= 15 is 0 Å². The van der Waals surface area contributed by atoms with Gasteiger partial charge in [-0.15, -0.1) is 0 Å². The second-order valence-electron chi connectivity index (χ2n) is 7.47. The van der Waals surface area contributed by atoms with Gasteiger partial charge in [0.2, 0.25) is 0 Å². The maximum atomic E-state index is 13.0. The average molecular weight is 381 g/mol. The Labute approximate surface area is 160 Å². The van der Waals surface area contributed by atoms with Gasteiger partial charge in [0.05, 0.1) is 12.7 Å². The summed E-state index contributed by atoms with van der Waals surface area (Å²) in [5.74, 6) is 0.914. The second kappa shape index (κ2) is 9.07. The van der Waals surface area contributed by atoms with Gasteiger partial charge in [0.1, 0.15) is 5.75 Å². The second-order valence-corrected chi connectivity index (χ2v) is 7.91. The van der Waals surface area contributed by atoms with Gasteiger partial charge in [0.25, 0.3) is 5.91 Å². The molecule has 5 nitrogen and oxygen atoms in total. The smallest absolute Gasteiger partial charge is 0.257 e. The molecule has 3 rings (SSSR count). The van der Waals surface area contributed by atoms with Crippen molar-refractivity contribution < 1.29 is 14.6 Å². The third-order valence-corrected chi connectivity index (χ3v) is 5.92. The first-order valence-electron chi connectivity index (χ1n) is 9.58. The zero-order valence-electron chi connectivity index (χ0n) is 15.5. The number of carbonyl (C=O) groups excluding carboxylic acids is 1. The van der Waals surface area contributed by atoms with Gasteiger partial charge in [0, 0.05) is 37.2 Å². The van der Waals surface area contributed by atoms with Gasteiger partial charge in [0.15, 0.2) is 0 Å². The summed E-state index contributed by atoms with van der Waals surface area (Å²) < 4.78 is 5.33. The Kier molecular flexibility index (Phi) is 6.79. The first-order valence-corrected chi connectivity index (χ1v) is 9.96. The Bertz CT molecular complexity index is 617. The van der Waals surface area contributed by atoms with Crippen molar-refractivity contribution in [2.75, 3.05) is 46.4 Å². The van der Waals surface area contributed by atoms with Crippen molar-refractivity contribution in [3.63, 3.8) is 0 Å². The molecule has 26 heavy (non-hydrogen) atoms. The van der Waals surface area contributed by atoms with Crippen molar-refractivity contribution in [1.82, 2.24) is 9.80 Å². The number of halogens is 1. The van der Waals surface area contributed by atoms with Gasteiger partial charge < -0.3 is 19.6 Å². The van der Waals surface area contributed by atoms with Crippen molar-refractivity contribution in [3.8, 4) is 5.75 Å². The van der Waals surface area contributed by atoms with Crippen LogP contribution in [0, 0.1) is 11.8 Å². The molecule has 1 N–H and O–H groups in total. The molecule has 2 fully saturated rings. The largest absolute Gasteiger partial charge is 0.496 e. The van der Waals surface area contributed by atoms with E-state index < -0.39 is 0 Å². The highest BCUT2D eigenvalue weighted by molar-refractivity contribution is 6.31. The first-order chi connectivity index (χ1) is 12.6. The van der Waals surface area contributed by atoms with Crippen LogP contribution in [0.15, 0.2) is 18.2 Å². The number of amides is 1. The van der Waals surface area contributed by atoms with Crippen LogP contribution in [0.5, 0.6) is 5.75 Å². The first kappa shape index (κ1) is 19.5. The van der Waals surface area contributed by atoms with Crippen molar-refractivity contribution in [1.29, 1.82) is 0 Å². The Balaban J connectivity index is 1.69. The molecule has 0 bridgehead atoms. The van der Waals surface area contributed by atoms with Crippen LogP contribution in [0.1, 0.15) is 36.0 Å². The molecule has 0 spiro atoms. The topological polar surface area (TPSA) is 53.0 Å². The minimum atomic E-state index is -0.0684. The van der Waals surface area contributed by atoms with Crippen LogP contribution in [-0.2, 0) is 0 Å². The summed E-state index contributed by atoms with van der Waals surface area (Å²) in [5, 5.41) is 10.4. The number of hydrogen-bond acceptors (Lipinski definition) is 4. The lowest BCUT2D eigenvalue weighted by Crippen LogP contribution is -2.35. The van der Waals surface area contributed by atoms with E-state index in [1.807, 2.05) is 4.90 Å². The van der Waals surface area contributed by atoms with Crippen LogP contribution in [0.2, 0.25) is 5.02 Å². The van der Waals surface area contributed by atoms with Gasteiger partial charge in [-0.05, 0) is 50.0 Å². The Morgan fingerprint density at radius 2 is 1.88 bits per heavy atom. The fourth-order valence-corrected chi connectivity index (χ4v) is 4.36. The molecular weight excluding hydrogens is 352 g/mol. The lowest BCUT2D eigenvalue weighted by molar-refractivity contribution is 0.0775. The van der Waals surface area contributed by atoms with Crippen molar-refractivity contribution in [3.05, 3.63) is 28.8 Å². The number of rotatable bonds is 5. The third-order valence-electron chi connectivity index (χ3n) is 5.68. The number of aliphatic hydroxyl groups excluding tert-OH is 1. The van der Waals surface area contributed by atoms with Crippen molar-refractivity contribution in [2.45, 2.75) is 25.7 Å². The van der Waals surface area contributed by atoms with Crippen LogP contribution >= 0.6 is 11.6 Å². The van der Waals surface area contributed by atoms with Gasteiger partial charge in [-0.3, -0.25) is 4.79 Å². The van der Waals surface area contributed by atoms with E-state index in [0.717, 1.165) is 19.6 Å². The molecule has 1 aromatic rings. The minimum Gasteiger partial charge on any atom is -0.496 e. The van der Waals surface area contributed by atoms with Gasteiger partial charge in [-0.1, -0.05) is 24.4 Å². The van der Waals surface area contributed by atoms with Crippen LogP contribution in [-0.4, -0.2) is 67.3 Å². The van der Waals surface area contributed by atoms with Gasteiger partial charge >= 0.3 is 0 Å². The van der Waals surface area contributed by atoms with Gasteiger partial charge in [-0.25, -0.2) is 0 Å². The van der Waals surface area contributed by atoms with E-state index in [-0.39, 0.29) is 18.4 Å². The average Bonchev–Trinajstić information content (AvgIpc) is 2.87. The number of nitrogens with zero attached hydrogens (tertiary/aromatic N) is 2. The Morgan fingerprint density at radius 1 is 1.19 bits per heavy atom. The molecule has 0 aliphatic carbocycles. The summed E-state index contributed by atoms with van der Waals surface area (Å²) in [5.41, 5.74) is 0.493. The van der Waals surface area contributed by atoms with E-state index in [4.69, 9.17) is 16.3 Å². The number of benzene rings is 1. The molecule has 2 aliphatic heterocycles. The molecule has 1 aromatic carbocycles. The molecule has 0 aromatic heterocycles. The predicted molar refractivity (Wildman–Crippen MR) is 103 cm³/mol. The van der Waals surface area contributed by atoms with Crippen molar-refractivity contribution in [2.24, 2.45) is 11.8 Å². The third kappa shape index (κ3) is 4.51. The standard InChI is InChI=1S/C20H29ClN2O3/c1-26-19-7-6-17(21)10-18(19)20(25)23-12-15(16(13-23)14-24)11-22-8-4-2-3-5-9-22/h6-7,10,15-16,24H,2-5,8-9,11-14H2,1H3/t15-,16-/m1/s1. The predicted octanol–water partition coefficient (Wildman–Crippen LogP) is 2.91. The summed E-state index contributed by atoms with van der Waals surface area (Å²) >= 11 is 6.08. The lowest BCUT2D eigenvalue weighted by atomic mass is 9.96. The molecular formula is C20H29ClN2O3. The molecule has 6 heteroatoms. The number of methoxy groups -OCH3 is 1. The maximum Gasteiger partial charge on any atom is 0.257 e. The van der Waals surface area contributed by atoms with Crippen LogP contribution in [0.25, 0.3) is 0 Å². The molecule has 2 saturated heterocycles. The number of ether oxygens (including phenoxy) is 1. The van der Waals surface area contributed by atoms with Crippen LogP contribution in [0.4, 0.5) is 0 Å². The molecule has 2 heterocycles. The SMILES string of the molecule is COc1ccc(Cl)cc1C(=O)N1C[C@@H](CN2CCCCCC2)[C@@H](CO)C1. The van der Waals surface area contributed by atoms with E-state index in [2.05, 4.69) is 4.90 Å².